The van der Waals surface area contributed by atoms with Gasteiger partial charge >= 0.3 is 0 Å². The minimum atomic E-state index is 0.295. The molecule has 1 atom stereocenters. The zero-order valence-electron chi connectivity index (χ0n) is 14.0. The Balaban J connectivity index is 1.52. The molecule has 25 heavy (non-hydrogen) atoms. The van der Waals surface area contributed by atoms with Gasteiger partial charge in [-0.15, -0.1) is 22.7 Å². The van der Waals surface area contributed by atoms with E-state index >= 15 is 0 Å². The smallest absolute Gasteiger partial charge is 0.209 e. The third-order valence-electron chi connectivity index (χ3n) is 4.36. The van der Waals surface area contributed by atoms with E-state index in [1.807, 2.05) is 17.1 Å². The van der Waals surface area contributed by atoms with Crippen LogP contribution in [0.15, 0.2) is 26.8 Å². The van der Waals surface area contributed by atoms with Crippen molar-refractivity contribution < 1.29 is 0 Å². The highest BCUT2D eigenvalue weighted by Crippen LogP contribution is 2.32. The van der Waals surface area contributed by atoms with Gasteiger partial charge in [-0.05, 0) is 13.6 Å². The van der Waals surface area contributed by atoms with Gasteiger partial charge in [0, 0.05) is 53.1 Å². The van der Waals surface area contributed by atoms with Crippen LogP contribution in [0, 0.1) is 0 Å². The van der Waals surface area contributed by atoms with Crippen LogP contribution in [0.2, 0.25) is 0 Å². The molecular weight excluding hydrogens is 370 g/mol. The molecule has 1 unspecified atom stereocenters. The normalized spacial score (nSPS) is 21.7. The van der Waals surface area contributed by atoms with Crippen LogP contribution in [0.4, 0.5) is 5.13 Å². The second-order valence-corrected chi connectivity index (χ2v) is 8.83. The molecule has 1 saturated heterocycles. The molecule has 2 aliphatic rings. The van der Waals surface area contributed by atoms with Crippen LogP contribution in [0.3, 0.4) is 0 Å². The zero-order valence-corrected chi connectivity index (χ0v) is 16.5. The lowest BCUT2D eigenvalue weighted by atomic mass is 10.1. The Morgan fingerprint density at radius 2 is 1.92 bits per heavy atom. The number of thiazole rings is 2. The van der Waals surface area contributed by atoms with E-state index in [0.717, 1.165) is 47.2 Å². The molecule has 5 nitrogen and oxygen atoms in total. The predicted molar refractivity (Wildman–Crippen MR) is 111 cm³/mol. The van der Waals surface area contributed by atoms with E-state index in [1.165, 1.54) is 22.8 Å². The lowest BCUT2D eigenvalue weighted by Crippen LogP contribution is -2.41. The number of aliphatic imine (C=N–C) groups is 2. The summed E-state index contributed by atoms with van der Waals surface area (Å²) in [5.74, 6) is 2.43. The second-order valence-electron chi connectivity index (χ2n) is 5.91. The predicted octanol–water partition coefficient (Wildman–Crippen LogP) is 4.22. The topological polar surface area (TPSA) is 53.7 Å². The maximum atomic E-state index is 4.96. The lowest BCUT2D eigenvalue weighted by Gasteiger charge is -2.33. The number of aromatic nitrogens is 2. The van der Waals surface area contributed by atoms with E-state index in [9.17, 15) is 0 Å². The van der Waals surface area contributed by atoms with E-state index in [1.54, 1.807) is 11.3 Å². The Bertz CT molecular complexity index is 829. The van der Waals surface area contributed by atoms with Crippen LogP contribution in [0.1, 0.15) is 18.4 Å². The summed E-state index contributed by atoms with van der Waals surface area (Å²) in [6.45, 7) is 7.90. The molecule has 4 rings (SSSR count). The number of hydrogen-bond donors (Lipinski definition) is 0. The van der Waals surface area contributed by atoms with Crippen molar-refractivity contribution in [3.63, 3.8) is 0 Å². The first-order valence-electron chi connectivity index (χ1n) is 8.20. The summed E-state index contributed by atoms with van der Waals surface area (Å²) in [7, 11) is 0. The first-order chi connectivity index (χ1) is 12.2. The Kier molecular flexibility index (Phi) is 5.12. The minimum absolute atomic E-state index is 0.295. The number of rotatable bonds is 4. The molecule has 4 heterocycles. The van der Waals surface area contributed by atoms with Crippen molar-refractivity contribution in [3.8, 4) is 11.4 Å². The fourth-order valence-electron chi connectivity index (χ4n) is 3.03. The van der Waals surface area contributed by atoms with Crippen molar-refractivity contribution >= 4 is 57.6 Å². The van der Waals surface area contributed by atoms with Crippen molar-refractivity contribution in [2.24, 2.45) is 9.98 Å². The monoisotopic (exact) mass is 389 g/mol. The first kappa shape index (κ1) is 17.1. The highest BCUT2D eigenvalue weighted by Gasteiger charge is 2.24. The van der Waals surface area contributed by atoms with E-state index in [-0.39, 0.29) is 0 Å². The van der Waals surface area contributed by atoms with Gasteiger partial charge in [0.15, 0.2) is 0 Å². The van der Waals surface area contributed by atoms with Crippen molar-refractivity contribution in [2.75, 3.05) is 24.6 Å². The third kappa shape index (κ3) is 3.62. The summed E-state index contributed by atoms with van der Waals surface area (Å²) in [4.78, 5) is 20.5. The van der Waals surface area contributed by atoms with Crippen LogP contribution < -0.4 is 0 Å². The van der Waals surface area contributed by atoms with Crippen molar-refractivity contribution in [3.05, 3.63) is 21.8 Å². The molecule has 2 aromatic rings. The van der Waals surface area contributed by atoms with E-state index in [2.05, 4.69) is 40.0 Å². The fraction of sp³-hybridized carbons (Fsp3) is 0.412. The van der Waals surface area contributed by atoms with Gasteiger partial charge in [-0.25, -0.2) is 15.0 Å². The molecule has 130 valence electrons. The third-order valence-corrected chi connectivity index (χ3v) is 6.95. The Hall–Kier alpha value is -1.35. The average Bonchev–Trinajstić information content (AvgIpc) is 3.31. The van der Waals surface area contributed by atoms with Crippen LogP contribution >= 0.6 is 34.4 Å². The number of thioether (sulfide) groups is 1. The fourth-order valence-corrected chi connectivity index (χ4v) is 5.49. The van der Waals surface area contributed by atoms with Gasteiger partial charge < -0.3 is 0 Å². The molecule has 0 amide bonds. The summed E-state index contributed by atoms with van der Waals surface area (Å²) in [5.41, 5.74) is 4.01. The molecule has 0 saturated carbocycles. The van der Waals surface area contributed by atoms with Crippen molar-refractivity contribution in [1.82, 2.24) is 14.9 Å². The van der Waals surface area contributed by atoms with E-state index in [4.69, 9.17) is 9.98 Å². The summed E-state index contributed by atoms with van der Waals surface area (Å²) in [6.07, 6.45) is 3.56. The van der Waals surface area contributed by atoms with Gasteiger partial charge in [-0.1, -0.05) is 6.08 Å². The molecule has 2 aromatic heterocycles. The number of hydrogen-bond acceptors (Lipinski definition) is 8. The molecule has 0 spiro atoms. The van der Waals surface area contributed by atoms with Crippen molar-refractivity contribution in [2.45, 2.75) is 19.5 Å². The highest BCUT2D eigenvalue weighted by atomic mass is 32.2. The standard InChI is InChI=1S/C17H19N5S3/c1-11-12(3-4-15(19-11)22-5-7-23-8-6-22)16-20-13(9-24-16)14-10-25-17(18-2)21-14/h3,9-10,15H,2,4-8H2,1H3. The van der Waals surface area contributed by atoms with E-state index < -0.39 is 0 Å². The highest BCUT2D eigenvalue weighted by molar-refractivity contribution is 7.99. The summed E-state index contributed by atoms with van der Waals surface area (Å²) >= 11 is 5.17. The molecule has 0 N–H and O–H groups in total. The van der Waals surface area contributed by atoms with Gasteiger partial charge in [0.25, 0.3) is 0 Å². The molecule has 0 bridgehead atoms. The first-order valence-corrected chi connectivity index (χ1v) is 11.1. The Morgan fingerprint density at radius 3 is 2.64 bits per heavy atom. The number of allylic oxidation sites excluding steroid dienone is 1. The maximum Gasteiger partial charge on any atom is 0.209 e. The second kappa shape index (κ2) is 7.49. The zero-order chi connectivity index (χ0) is 17.2. The lowest BCUT2D eigenvalue weighted by molar-refractivity contribution is 0.223. The molecule has 0 aliphatic carbocycles. The largest absolute Gasteiger partial charge is 0.280 e. The molecule has 0 aromatic carbocycles. The molecular formula is C17H19N5S3. The average molecular weight is 390 g/mol. The number of nitrogens with zero attached hydrogens (tertiary/aromatic N) is 5. The van der Waals surface area contributed by atoms with Gasteiger partial charge in [-0.2, -0.15) is 11.8 Å². The van der Waals surface area contributed by atoms with Gasteiger partial charge in [0.2, 0.25) is 5.13 Å². The van der Waals surface area contributed by atoms with Gasteiger partial charge in [-0.3, -0.25) is 9.89 Å². The van der Waals surface area contributed by atoms with Crippen LogP contribution in [-0.2, 0) is 0 Å². The Morgan fingerprint density at radius 1 is 1.16 bits per heavy atom. The summed E-state index contributed by atoms with van der Waals surface area (Å²) in [5, 5.41) is 5.73. The van der Waals surface area contributed by atoms with Crippen LogP contribution in [0.25, 0.3) is 17.0 Å². The van der Waals surface area contributed by atoms with Crippen LogP contribution in [0.5, 0.6) is 0 Å². The summed E-state index contributed by atoms with van der Waals surface area (Å²) < 4.78 is 0. The Labute approximate surface area is 159 Å². The molecule has 1 fully saturated rings. The summed E-state index contributed by atoms with van der Waals surface area (Å²) in [6, 6.07) is 0. The van der Waals surface area contributed by atoms with Gasteiger partial charge in [0.1, 0.15) is 22.6 Å². The molecule has 0 radical (unpaired) electrons. The molecule has 8 heteroatoms. The van der Waals surface area contributed by atoms with Crippen LogP contribution in [-0.4, -0.2) is 58.1 Å². The molecule has 2 aliphatic heterocycles. The van der Waals surface area contributed by atoms with E-state index in [0.29, 0.717) is 11.3 Å². The van der Waals surface area contributed by atoms with Gasteiger partial charge in [0.05, 0.1) is 0 Å². The SMILES string of the molecule is C=Nc1nc(-c2csc(C3=CCC(N4CCSCC4)N=C3C)n2)cs1. The quantitative estimate of drug-likeness (QED) is 0.735. The minimum Gasteiger partial charge on any atom is -0.280 e. The maximum absolute atomic E-state index is 4.96. The van der Waals surface area contributed by atoms with Crippen molar-refractivity contribution in [1.29, 1.82) is 0 Å². The number of dihydropyridines is 1.